The molecule has 1 aliphatic rings. The Balaban J connectivity index is 1.82. The molecular formula is C15H16ClF3N4O. The maximum atomic E-state index is 13.0. The van der Waals surface area contributed by atoms with Crippen molar-refractivity contribution in [2.75, 3.05) is 0 Å². The first-order valence-corrected chi connectivity index (χ1v) is 7.96. The monoisotopic (exact) mass is 360 g/mol. The van der Waals surface area contributed by atoms with Gasteiger partial charge in [0.15, 0.2) is 5.69 Å². The Morgan fingerprint density at radius 3 is 2.50 bits per heavy atom. The number of aryl methyl sites for hydroxylation is 3. The Morgan fingerprint density at radius 1 is 1.33 bits per heavy atom. The van der Waals surface area contributed by atoms with Crippen molar-refractivity contribution in [3.05, 3.63) is 33.9 Å². The fourth-order valence-corrected chi connectivity index (χ4v) is 3.14. The molecule has 2 aromatic heterocycles. The molecule has 2 aromatic rings. The molecule has 0 spiro atoms. The number of nitrogens with zero attached hydrogens (tertiary/aromatic N) is 4. The fourth-order valence-electron chi connectivity index (χ4n) is 2.74. The number of carbonyl (C=O) groups is 1. The largest absolute Gasteiger partial charge is 0.436 e. The molecule has 0 amide bonds. The summed E-state index contributed by atoms with van der Waals surface area (Å²) in [7, 11) is 0. The van der Waals surface area contributed by atoms with Gasteiger partial charge in [0.2, 0.25) is 5.91 Å². The summed E-state index contributed by atoms with van der Waals surface area (Å²) in [6, 6.07) is 1.76. The molecule has 0 atom stereocenters. The van der Waals surface area contributed by atoms with E-state index >= 15 is 0 Å². The molecule has 0 N–H and O–H groups in total. The topological polar surface area (TPSA) is 52.7 Å². The van der Waals surface area contributed by atoms with Gasteiger partial charge in [-0.1, -0.05) is 11.6 Å². The molecule has 0 aliphatic heterocycles. The Labute approximate surface area is 141 Å². The van der Waals surface area contributed by atoms with Crippen LogP contribution in [0.15, 0.2) is 6.07 Å². The second kappa shape index (κ2) is 5.91. The van der Waals surface area contributed by atoms with E-state index in [9.17, 15) is 18.0 Å². The molecule has 0 radical (unpaired) electrons. The van der Waals surface area contributed by atoms with Gasteiger partial charge in [-0.2, -0.15) is 23.4 Å². The van der Waals surface area contributed by atoms with Crippen molar-refractivity contribution in [1.29, 1.82) is 0 Å². The molecule has 1 saturated carbocycles. The van der Waals surface area contributed by atoms with Crippen LogP contribution in [0.1, 0.15) is 52.8 Å². The van der Waals surface area contributed by atoms with Crippen LogP contribution in [0.25, 0.3) is 0 Å². The summed E-state index contributed by atoms with van der Waals surface area (Å²) in [4.78, 5) is 12.2. The van der Waals surface area contributed by atoms with E-state index in [2.05, 4.69) is 10.2 Å². The number of alkyl halides is 3. The molecule has 9 heteroatoms. The van der Waals surface area contributed by atoms with Crippen LogP contribution in [0, 0.1) is 13.8 Å². The highest BCUT2D eigenvalue weighted by Crippen LogP contribution is 2.46. The smallest absolute Gasteiger partial charge is 0.272 e. The zero-order chi connectivity index (χ0) is 17.6. The molecule has 130 valence electrons. The van der Waals surface area contributed by atoms with Crippen LogP contribution in [-0.4, -0.2) is 25.5 Å². The van der Waals surface area contributed by atoms with Gasteiger partial charge >= 0.3 is 6.18 Å². The lowest BCUT2D eigenvalue weighted by Crippen LogP contribution is -2.18. The maximum Gasteiger partial charge on any atom is 0.436 e. The van der Waals surface area contributed by atoms with E-state index in [1.54, 1.807) is 19.9 Å². The van der Waals surface area contributed by atoms with E-state index < -0.39 is 11.9 Å². The summed E-state index contributed by atoms with van der Waals surface area (Å²) in [6.45, 7) is 3.56. The molecule has 1 fully saturated rings. The minimum atomic E-state index is -4.61. The average Bonchev–Trinajstić information content (AvgIpc) is 3.16. The van der Waals surface area contributed by atoms with Gasteiger partial charge in [-0.3, -0.25) is 9.48 Å². The fraction of sp³-hybridized carbons (Fsp3) is 0.533. The first kappa shape index (κ1) is 17.0. The molecule has 2 heterocycles. The maximum absolute atomic E-state index is 13.0. The first-order valence-electron chi connectivity index (χ1n) is 7.58. The normalized spacial score (nSPS) is 15.1. The van der Waals surface area contributed by atoms with E-state index in [1.165, 1.54) is 9.36 Å². The van der Waals surface area contributed by atoms with Crippen LogP contribution in [0.2, 0.25) is 5.02 Å². The van der Waals surface area contributed by atoms with Crippen LogP contribution in [0.4, 0.5) is 13.2 Å². The third-order valence-electron chi connectivity index (χ3n) is 3.95. The van der Waals surface area contributed by atoms with Crippen molar-refractivity contribution >= 4 is 17.5 Å². The second-order valence-electron chi connectivity index (χ2n) is 6.03. The van der Waals surface area contributed by atoms with E-state index in [0.717, 1.165) is 12.8 Å². The van der Waals surface area contributed by atoms with Gasteiger partial charge in [0.1, 0.15) is 0 Å². The van der Waals surface area contributed by atoms with Gasteiger partial charge in [0.25, 0.3) is 0 Å². The van der Waals surface area contributed by atoms with Crippen LogP contribution >= 0.6 is 11.6 Å². The zero-order valence-electron chi connectivity index (χ0n) is 13.2. The molecule has 24 heavy (non-hydrogen) atoms. The van der Waals surface area contributed by atoms with Crippen molar-refractivity contribution in [1.82, 2.24) is 19.6 Å². The molecule has 5 nitrogen and oxygen atoms in total. The third kappa shape index (κ3) is 3.19. The highest BCUT2D eigenvalue weighted by Gasteiger charge is 2.42. The summed E-state index contributed by atoms with van der Waals surface area (Å²) >= 11 is 5.90. The third-order valence-corrected chi connectivity index (χ3v) is 4.32. The summed E-state index contributed by atoms with van der Waals surface area (Å²) in [5.41, 5.74) is 0.699. The van der Waals surface area contributed by atoms with Gasteiger partial charge in [-0.15, -0.1) is 0 Å². The van der Waals surface area contributed by atoms with Crippen molar-refractivity contribution in [3.8, 4) is 0 Å². The lowest BCUT2D eigenvalue weighted by Gasteiger charge is -2.07. The lowest BCUT2D eigenvalue weighted by atomic mass is 10.2. The number of hydrogen-bond acceptors (Lipinski definition) is 3. The van der Waals surface area contributed by atoms with Crippen molar-refractivity contribution in [2.24, 2.45) is 0 Å². The molecule has 0 aromatic carbocycles. The molecule has 1 aliphatic carbocycles. The number of hydrogen-bond donors (Lipinski definition) is 0. The summed E-state index contributed by atoms with van der Waals surface area (Å²) in [5.74, 6) is -0.299. The van der Waals surface area contributed by atoms with Crippen molar-refractivity contribution in [3.63, 3.8) is 0 Å². The molecule has 0 saturated heterocycles. The standard InChI is InChI=1S/C15H16ClF3N4O/c1-8-7-9(2)23(20-8)11(24)5-6-22-13(10-3-4-10)12(16)14(21-22)15(17,18)19/h7,10H,3-6H2,1-2H3. The highest BCUT2D eigenvalue weighted by molar-refractivity contribution is 6.32. The Morgan fingerprint density at radius 2 is 2.00 bits per heavy atom. The van der Waals surface area contributed by atoms with Gasteiger partial charge in [0.05, 0.1) is 23.0 Å². The van der Waals surface area contributed by atoms with Gasteiger partial charge < -0.3 is 0 Å². The Bertz CT molecular complexity index is 789. The van der Waals surface area contributed by atoms with Gasteiger partial charge in [-0.05, 0) is 32.8 Å². The van der Waals surface area contributed by atoms with E-state index in [1.807, 2.05) is 0 Å². The zero-order valence-corrected chi connectivity index (χ0v) is 13.9. The second-order valence-corrected chi connectivity index (χ2v) is 6.40. The summed E-state index contributed by atoms with van der Waals surface area (Å²) in [5, 5.41) is 7.36. The summed E-state index contributed by atoms with van der Waals surface area (Å²) < 4.78 is 41.5. The highest BCUT2D eigenvalue weighted by atomic mass is 35.5. The summed E-state index contributed by atoms with van der Waals surface area (Å²) in [6.07, 6.45) is -3.04. The SMILES string of the molecule is Cc1cc(C)n(C(=O)CCn2nc(C(F)(F)F)c(Cl)c2C2CC2)n1. The minimum Gasteiger partial charge on any atom is -0.272 e. The predicted molar refractivity (Wildman–Crippen MR) is 81.2 cm³/mol. The van der Waals surface area contributed by atoms with Crippen LogP contribution < -0.4 is 0 Å². The van der Waals surface area contributed by atoms with Crippen molar-refractivity contribution in [2.45, 2.75) is 51.7 Å². The molecule has 3 rings (SSSR count). The van der Waals surface area contributed by atoms with Gasteiger partial charge in [-0.25, -0.2) is 4.68 Å². The minimum absolute atomic E-state index is 0.00299. The average molecular weight is 361 g/mol. The molecular weight excluding hydrogens is 345 g/mol. The molecule has 0 bridgehead atoms. The van der Waals surface area contributed by atoms with E-state index in [4.69, 9.17) is 11.6 Å². The van der Waals surface area contributed by atoms with Crippen LogP contribution in [-0.2, 0) is 12.7 Å². The Kier molecular flexibility index (Phi) is 4.19. The van der Waals surface area contributed by atoms with Crippen LogP contribution in [0.3, 0.4) is 0 Å². The number of rotatable bonds is 4. The van der Waals surface area contributed by atoms with E-state index in [0.29, 0.717) is 17.1 Å². The number of carbonyl (C=O) groups excluding carboxylic acids is 1. The molecule has 0 unspecified atom stereocenters. The predicted octanol–water partition coefficient (Wildman–Crippen LogP) is 3.98. The lowest BCUT2D eigenvalue weighted by molar-refractivity contribution is -0.141. The van der Waals surface area contributed by atoms with Gasteiger partial charge in [0, 0.05) is 18.0 Å². The number of halogens is 4. The van der Waals surface area contributed by atoms with Crippen molar-refractivity contribution < 1.29 is 18.0 Å². The van der Waals surface area contributed by atoms with E-state index in [-0.39, 0.29) is 29.8 Å². The Hall–Kier alpha value is -1.83. The quantitative estimate of drug-likeness (QED) is 0.828. The first-order chi connectivity index (χ1) is 11.2. The number of aromatic nitrogens is 4. The van der Waals surface area contributed by atoms with Crippen LogP contribution in [0.5, 0.6) is 0 Å².